The molecule has 0 spiro atoms. The van der Waals surface area contributed by atoms with Crippen LogP contribution in [-0.4, -0.2) is 38.0 Å². The monoisotopic (exact) mass is 403 g/mol. The van der Waals surface area contributed by atoms with Crippen molar-refractivity contribution in [2.45, 2.75) is 0 Å². The third-order valence-electron chi connectivity index (χ3n) is 3.64. The lowest BCUT2D eigenvalue weighted by Crippen LogP contribution is -2.30. The lowest BCUT2D eigenvalue weighted by molar-refractivity contribution is 0.243. The summed E-state index contributed by atoms with van der Waals surface area (Å²) in [4.78, 5) is 4.33. The van der Waals surface area contributed by atoms with Crippen LogP contribution in [-0.2, 0) is 9.47 Å². The number of aromatic nitrogens is 1. The lowest BCUT2D eigenvalue weighted by atomic mass is 10.2. The van der Waals surface area contributed by atoms with Crippen molar-refractivity contribution in [1.29, 1.82) is 0 Å². The molecular weight excluding hydrogens is 381 g/mol. The van der Waals surface area contributed by atoms with Crippen LogP contribution in [0.1, 0.15) is 0 Å². The molecule has 1 aromatic carbocycles. The number of nitrogens with one attached hydrogen (secondary N) is 2. The first-order valence-electron chi connectivity index (χ1n) is 8.33. The van der Waals surface area contributed by atoms with Gasteiger partial charge in [0.25, 0.3) is 0 Å². The third kappa shape index (κ3) is 5.77. The van der Waals surface area contributed by atoms with E-state index in [2.05, 4.69) is 22.2 Å². The molecule has 2 N–H and O–H groups in total. The first kappa shape index (κ1) is 21.3. The molecule has 0 unspecified atom stereocenters. The topological polar surface area (TPSA) is 64.6 Å². The van der Waals surface area contributed by atoms with Crippen molar-refractivity contribution in [1.82, 2.24) is 10.3 Å². The van der Waals surface area contributed by atoms with Crippen LogP contribution < -0.4 is 25.9 Å². The van der Waals surface area contributed by atoms with Crippen LogP contribution in [0.5, 0.6) is 11.5 Å². The number of hydrogen-bond donors (Lipinski definition) is 2. The van der Waals surface area contributed by atoms with Gasteiger partial charge in [0.05, 0.1) is 24.8 Å². The highest BCUT2D eigenvalue weighted by Crippen LogP contribution is 2.23. The van der Waals surface area contributed by atoms with Gasteiger partial charge in [0.1, 0.15) is 23.1 Å². The average Bonchev–Trinajstić information content (AvgIpc) is 2.69. The Morgan fingerprint density at radius 2 is 2.11 bits per heavy atom. The summed E-state index contributed by atoms with van der Waals surface area (Å²) in [6.45, 7) is 4.18. The van der Waals surface area contributed by atoms with Gasteiger partial charge in [-0.2, -0.15) is 0 Å². The summed E-state index contributed by atoms with van der Waals surface area (Å²) in [6.07, 6.45) is 5.09. The normalized spacial score (nSPS) is 11.9. The van der Waals surface area contributed by atoms with Crippen molar-refractivity contribution < 1.29 is 18.6 Å². The van der Waals surface area contributed by atoms with E-state index >= 15 is 0 Å². The summed E-state index contributed by atoms with van der Waals surface area (Å²) in [7, 11) is 4.76. The molecule has 0 fully saturated rings. The second kappa shape index (κ2) is 10.4. The molecule has 0 aliphatic carbocycles. The van der Waals surface area contributed by atoms with Gasteiger partial charge >= 0.3 is 0 Å². The first-order valence-corrected chi connectivity index (χ1v) is 8.74. The molecule has 0 saturated heterocycles. The summed E-state index contributed by atoms with van der Waals surface area (Å²) in [5, 5.41) is 7.08. The van der Waals surface area contributed by atoms with Gasteiger partial charge in [0, 0.05) is 31.6 Å². The van der Waals surface area contributed by atoms with Crippen molar-refractivity contribution in [2.75, 3.05) is 33.2 Å². The van der Waals surface area contributed by atoms with Crippen LogP contribution in [0.25, 0.3) is 12.2 Å². The standard InChI is InChI=1S/C20H22FN3O3S/c1-13(26-4)11-15-17(8-10-25-3)23-9-7-19(15)27-14-5-6-18(16(21)12-14)24-20(28)22-2/h5-9,11-12H,1,10H2,2-4H3,(H2,22,24,28)/b15-11+,17-8+. The Hall–Kier alpha value is -2.97. The van der Waals surface area contributed by atoms with Crippen LogP contribution in [0, 0.1) is 5.82 Å². The number of methoxy groups -OCH3 is 2. The first-order chi connectivity index (χ1) is 13.5. The van der Waals surface area contributed by atoms with Gasteiger partial charge in [-0.1, -0.05) is 6.58 Å². The Kier molecular flexibility index (Phi) is 7.91. The van der Waals surface area contributed by atoms with Crippen LogP contribution in [0.3, 0.4) is 0 Å². The second-order valence-electron chi connectivity index (χ2n) is 5.53. The maximum atomic E-state index is 14.4. The second-order valence-corrected chi connectivity index (χ2v) is 5.94. The molecule has 2 rings (SSSR count). The van der Waals surface area contributed by atoms with E-state index in [0.717, 1.165) is 0 Å². The molecule has 0 amide bonds. The zero-order valence-corrected chi connectivity index (χ0v) is 16.7. The van der Waals surface area contributed by atoms with E-state index in [0.29, 0.717) is 39.5 Å². The number of pyridine rings is 1. The van der Waals surface area contributed by atoms with Crippen molar-refractivity contribution in [3.63, 3.8) is 0 Å². The summed E-state index contributed by atoms with van der Waals surface area (Å²) in [6, 6.07) is 6.14. The number of benzene rings is 1. The lowest BCUT2D eigenvalue weighted by Gasteiger charge is -2.11. The molecule has 0 aliphatic heterocycles. The number of thiocarbonyl (C=S) groups is 1. The largest absolute Gasteiger partial charge is 0.497 e. The quantitative estimate of drug-likeness (QED) is 0.543. The van der Waals surface area contributed by atoms with E-state index in [1.165, 1.54) is 13.2 Å². The maximum Gasteiger partial charge on any atom is 0.170 e. The molecule has 0 atom stereocenters. The Bertz CT molecular complexity index is 979. The van der Waals surface area contributed by atoms with Gasteiger partial charge in [-0.15, -0.1) is 0 Å². The Morgan fingerprint density at radius 3 is 2.75 bits per heavy atom. The number of rotatable bonds is 7. The molecule has 2 aromatic rings. The summed E-state index contributed by atoms with van der Waals surface area (Å²) < 4.78 is 30.5. The number of anilines is 1. The molecule has 6 nitrogen and oxygen atoms in total. The van der Waals surface area contributed by atoms with Crippen LogP contribution in [0.4, 0.5) is 10.1 Å². The highest BCUT2D eigenvalue weighted by molar-refractivity contribution is 7.80. The van der Waals surface area contributed by atoms with Crippen molar-refractivity contribution in [3.05, 3.63) is 59.2 Å². The van der Waals surface area contributed by atoms with Gasteiger partial charge in [0.2, 0.25) is 0 Å². The maximum absolute atomic E-state index is 14.4. The number of nitrogens with zero attached hydrogens (tertiary/aromatic N) is 1. The van der Waals surface area contributed by atoms with Gasteiger partial charge in [0.15, 0.2) is 5.11 Å². The third-order valence-corrected chi connectivity index (χ3v) is 3.94. The number of allylic oxidation sites excluding steroid dienone is 1. The number of halogens is 1. The Balaban J connectivity index is 2.43. The average molecular weight is 403 g/mol. The van der Waals surface area contributed by atoms with Crippen molar-refractivity contribution >= 4 is 35.2 Å². The van der Waals surface area contributed by atoms with Gasteiger partial charge in [-0.3, -0.25) is 4.98 Å². The fourth-order valence-electron chi connectivity index (χ4n) is 2.22. The van der Waals surface area contributed by atoms with Crippen molar-refractivity contribution in [2.24, 2.45) is 0 Å². The predicted octanol–water partition coefficient (Wildman–Crippen LogP) is 2.30. The summed E-state index contributed by atoms with van der Waals surface area (Å²) >= 11 is 4.99. The van der Waals surface area contributed by atoms with E-state index in [1.807, 2.05) is 0 Å². The molecule has 28 heavy (non-hydrogen) atoms. The van der Waals surface area contributed by atoms with Crippen LogP contribution in [0.15, 0.2) is 42.8 Å². The minimum absolute atomic E-state index is 0.245. The van der Waals surface area contributed by atoms with Crippen LogP contribution in [0.2, 0.25) is 0 Å². The molecular formula is C20H22FN3O3S. The van der Waals surface area contributed by atoms with E-state index in [-0.39, 0.29) is 5.69 Å². The smallest absolute Gasteiger partial charge is 0.170 e. The SMILES string of the molecule is C=C(/C=c1/c(Oc2ccc(NC(=S)NC)c(F)c2)ccn/c1=C/COC)OC. The molecule has 1 heterocycles. The Morgan fingerprint density at radius 1 is 1.32 bits per heavy atom. The molecule has 0 radical (unpaired) electrons. The minimum Gasteiger partial charge on any atom is -0.497 e. The van der Waals surface area contributed by atoms with Gasteiger partial charge in [-0.05, 0) is 42.6 Å². The highest BCUT2D eigenvalue weighted by Gasteiger charge is 2.08. The fourth-order valence-corrected chi connectivity index (χ4v) is 2.33. The fraction of sp³-hybridized carbons (Fsp3) is 0.200. The van der Waals surface area contributed by atoms with E-state index in [4.69, 9.17) is 26.4 Å². The van der Waals surface area contributed by atoms with E-state index in [9.17, 15) is 4.39 Å². The molecule has 0 saturated carbocycles. The summed E-state index contributed by atoms with van der Waals surface area (Å²) in [5.74, 6) is 0.722. The zero-order chi connectivity index (χ0) is 20.5. The van der Waals surface area contributed by atoms with Gasteiger partial charge < -0.3 is 24.8 Å². The minimum atomic E-state index is -0.498. The van der Waals surface area contributed by atoms with Crippen molar-refractivity contribution in [3.8, 4) is 11.5 Å². The number of hydrogen-bond acceptors (Lipinski definition) is 5. The number of ether oxygens (including phenoxy) is 3. The molecule has 148 valence electrons. The molecule has 0 aliphatic rings. The molecule has 1 aromatic heterocycles. The molecule has 0 bridgehead atoms. The van der Waals surface area contributed by atoms with Gasteiger partial charge in [-0.25, -0.2) is 4.39 Å². The van der Waals surface area contributed by atoms with E-state index in [1.54, 1.807) is 50.7 Å². The highest BCUT2D eigenvalue weighted by atomic mass is 32.1. The van der Waals surface area contributed by atoms with E-state index < -0.39 is 5.82 Å². The van der Waals surface area contributed by atoms with Crippen LogP contribution >= 0.6 is 12.2 Å². The Labute approximate surface area is 168 Å². The summed E-state index contributed by atoms with van der Waals surface area (Å²) in [5.41, 5.74) is 0.245. The zero-order valence-electron chi connectivity index (χ0n) is 15.9. The predicted molar refractivity (Wildman–Crippen MR) is 112 cm³/mol. The molecule has 8 heteroatoms.